The van der Waals surface area contributed by atoms with Crippen molar-refractivity contribution in [3.05, 3.63) is 34.9 Å². The van der Waals surface area contributed by atoms with Gasteiger partial charge in [0.05, 0.1) is 18.6 Å². The van der Waals surface area contributed by atoms with Crippen LogP contribution in [0.3, 0.4) is 0 Å². The number of amides is 1. The Bertz CT molecular complexity index is 478. The lowest BCUT2D eigenvalue weighted by Gasteiger charge is -2.13. The molecule has 0 saturated heterocycles. The van der Waals surface area contributed by atoms with Gasteiger partial charge in [0.2, 0.25) is 5.91 Å². The molecule has 0 radical (unpaired) electrons. The van der Waals surface area contributed by atoms with Crippen molar-refractivity contribution in [2.24, 2.45) is 0 Å². The van der Waals surface area contributed by atoms with E-state index in [-0.39, 0.29) is 12.3 Å². The quantitative estimate of drug-likeness (QED) is 0.796. The largest absolute Gasteiger partial charge is 0.383 e. The van der Waals surface area contributed by atoms with E-state index >= 15 is 0 Å². The van der Waals surface area contributed by atoms with E-state index < -0.39 is 5.92 Å². The lowest BCUT2D eigenvalue weighted by molar-refractivity contribution is -0.121. The Hall–Kier alpha value is -1.86. The van der Waals surface area contributed by atoms with Crippen molar-refractivity contribution in [1.29, 1.82) is 5.26 Å². The smallest absolute Gasteiger partial charge is 0.221 e. The number of ether oxygens (including phenoxy) is 1. The first-order chi connectivity index (χ1) is 9.08. The summed E-state index contributed by atoms with van der Waals surface area (Å²) in [6.45, 7) is 4.93. The maximum atomic E-state index is 11.7. The average molecular weight is 260 g/mol. The summed E-state index contributed by atoms with van der Waals surface area (Å²) in [6, 6.07) is 8.14. The summed E-state index contributed by atoms with van der Waals surface area (Å²) < 4.78 is 4.86. The molecule has 0 bridgehead atoms. The Morgan fingerprint density at radius 1 is 1.47 bits per heavy atom. The van der Waals surface area contributed by atoms with E-state index in [1.807, 2.05) is 32.0 Å². The Kier molecular flexibility index (Phi) is 6.04. The summed E-state index contributed by atoms with van der Waals surface area (Å²) in [5.74, 6) is -0.522. The molecule has 1 unspecified atom stereocenters. The van der Waals surface area contributed by atoms with Gasteiger partial charge in [-0.1, -0.05) is 23.8 Å². The van der Waals surface area contributed by atoms with Crippen molar-refractivity contribution in [2.45, 2.75) is 26.2 Å². The van der Waals surface area contributed by atoms with Crippen molar-refractivity contribution in [3.63, 3.8) is 0 Å². The van der Waals surface area contributed by atoms with E-state index in [9.17, 15) is 10.1 Å². The van der Waals surface area contributed by atoms with Gasteiger partial charge >= 0.3 is 0 Å². The summed E-state index contributed by atoms with van der Waals surface area (Å²) in [5, 5.41) is 12.0. The molecule has 1 amide bonds. The van der Waals surface area contributed by atoms with Crippen LogP contribution in [0, 0.1) is 25.2 Å². The number of nitrogens with one attached hydrogen (secondary N) is 1. The molecule has 0 saturated carbocycles. The highest BCUT2D eigenvalue weighted by Gasteiger charge is 2.17. The first-order valence-electron chi connectivity index (χ1n) is 6.31. The van der Waals surface area contributed by atoms with Crippen LogP contribution in [0.25, 0.3) is 0 Å². The normalized spacial score (nSPS) is 11.7. The molecule has 19 heavy (non-hydrogen) atoms. The predicted octanol–water partition coefficient (Wildman–Crippen LogP) is 2.06. The third-order valence-electron chi connectivity index (χ3n) is 2.97. The van der Waals surface area contributed by atoms with E-state index in [0.717, 1.165) is 16.7 Å². The zero-order chi connectivity index (χ0) is 14.3. The summed E-state index contributed by atoms with van der Waals surface area (Å²) in [4.78, 5) is 11.7. The number of nitrogens with zero attached hydrogens (tertiary/aromatic N) is 1. The van der Waals surface area contributed by atoms with Crippen LogP contribution in [0.2, 0.25) is 0 Å². The minimum absolute atomic E-state index is 0.122. The number of carbonyl (C=O) groups excluding carboxylic acids is 1. The van der Waals surface area contributed by atoms with Crippen LogP contribution in [-0.2, 0) is 9.53 Å². The molecule has 4 heteroatoms. The second-order valence-electron chi connectivity index (χ2n) is 4.59. The minimum Gasteiger partial charge on any atom is -0.383 e. The van der Waals surface area contributed by atoms with Crippen molar-refractivity contribution < 1.29 is 9.53 Å². The molecule has 0 aliphatic rings. The Labute approximate surface area is 114 Å². The van der Waals surface area contributed by atoms with Crippen LogP contribution in [0.5, 0.6) is 0 Å². The van der Waals surface area contributed by atoms with E-state index in [2.05, 4.69) is 11.4 Å². The number of methoxy groups -OCH3 is 1. The second kappa shape index (κ2) is 7.55. The van der Waals surface area contributed by atoms with Crippen LogP contribution < -0.4 is 5.32 Å². The number of carbonyl (C=O) groups is 1. The summed E-state index contributed by atoms with van der Waals surface area (Å²) in [6.07, 6.45) is 0.185. The summed E-state index contributed by atoms with van der Waals surface area (Å²) in [5.41, 5.74) is 3.13. The minimum atomic E-state index is -0.400. The molecule has 0 aromatic heterocycles. The van der Waals surface area contributed by atoms with Crippen LogP contribution in [0.15, 0.2) is 18.2 Å². The van der Waals surface area contributed by atoms with Gasteiger partial charge in [-0.2, -0.15) is 5.26 Å². The lowest BCUT2D eigenvalue weighted by Crippen LogP contribution is -2.28. The topological polar surface area (TPSA) is 62.1 Å². The molecule has 4 nitrogen and oxygen atoms in total. The molecular formula is C15H20N2O2. The van der Waals surface area contributed by atoms with Gasteiger partial charge in [-0.3, -0.25) is 4.79 Å². The van der Waals surface area contributed by atoms with Gasteiger partial charge in [0.1, 0.15) is 0 Å². The third kappa shape index (κ3) is 4.72. The number of hydrogen-bond donors (Lipinski definition) is 1. The van der Waals surface area contributed by atoms with Gasteiger partial charge in [-0.25, -0.2) is 0 Å². The molecule has 0 aliphatic carbocycles. The predicted molar refractivity (Wildman–Crippen MR) is 73.8 cm³/mol. The maximum Gasteiger partial charge on any atom is 0.221 e. The van der Waals surface area contributed by atoms with Crippen LogP contribution in [-0.4, -0.2) is 26.2 Å². The fraction of sp³-hybridized carbons (Fsp3) is 0.467. The summed E-state index contributed by atoms with van der Waals surface area (Å²) in [7, 11) is 1.58. The van der Waals surface area contributed by atoms with E-state index in [1.54, 1.807) is 7.11 Å². The molecule has 102 valence electrons. The fourth-order valence-corrected chi connectivity index (χ4v) is 1.99. The number of rotatable bonds is 6. The molecule has 0 aliphatic heterocycles. The maximum absolute atomic E-state index is 11.7. The van der Waals surface area contributed by atoms with Gasteiger partial charge in [0, 0.05) is 20.1 Å². The Morgan fingerprint density at radius 3 is 2.79 bits per heavy atom. The van der Waals surface area contributed by atoms with Gasteiger partial charge in [0.15, 0.2) is 0 Å². The Morgan fingerprint density at radius 2 is 2.21 bits per heavy atom. The first kappa shape index (κ1) is 15.2. The molecule has 0 fully saturated rings. The van der Waals surface area contributed by atoms with E-state index in [1.165, 1.54) is 0 Å². The fourth-order valence-electron chi connectivity index (χ4n) is 1.99. The Balaban J connectivity index is 2.68. The molecule has 0 spiro atoms. The van der Waals surface area contributed by atoms with Crippen LogP contribution in [0.1, 0.15) is 29.0 Å². The lowest BCUT2D eigenvalue weighted by atomic mass is 9.92. The molecular weight excluding hydrogens is 240 g/mol. The third-order valence-corrected chi connectivity index (χ3v) is 2.97. The van der Waals surface area contributed by atoms with Crippen LogP contribution >= 0.6 is 0 Å². The van der Waals surface area contributed by atoms with E-state index in [4.69, 9.17) is 4.74 Å². The van der Waals surface area contributed by atoms with Crippen molar-refractivity contribution in [3.8, 4) is 6.07 Å². The monoisotopic (exact) mass is 260 g/mol. The SMILES string of the molecule is COCCNC(=O)CC(C#N)c1ccc(C)cc1C. The van der Waals surface area contributed by atoms with Crippen molar-refractivity contribution >= 4 is 5.91 Å². The second-order valence-corrected chi connectivity index (χ2v) is 4.59. The highest BCUT2D eigenvalue weighted by Crippen LogP contribution is 2.23. The molecule has 1 atom stereocenters. The standard InChI is InChI=1S/C15H20N2O2/c1-11-4-5-14(12(2)8-11)13(10-16)9-15(18)17-6-7-19-3/h4-5,8,13H,6-7,9H2,1-3H3,(H,17,18). The zero-order valence-electron chi connectivity index (χ0n) is 11.7. The highest BCUT2D eigenvalue weighted by atomic mass is 16.5. The number of hydrogen-bond acceptors (Lipinski definition) is 3. The van der Waals surface area contributed by atoms with Crippen molar-refractivity contribution in [1.82, 2.24) is 5.32 Å². The van der Waals surface area contributed by atoms with E-state index in [0.29, 0.717) is 13.2 Å². The van der Waals surface area contributed by atoms with Gasteiger partial charge in [-0.15, -0.1) is 0 Å². The average Bonchev–Trinajstić information content (AvgIpc) is 2.37. The molecule has 0 heterocycles. The molecule has 1 rings (SSSR count). The number of aryl methyl sites for hydroxylation is 2. The number of benzene rings is 1. The number of nitriles is 1. The molecule has 1 aromatic carbocycles. The summed E-state index contributed by atoms with van der Waals surface area (Å²) >= 11 is 0. The van der Waals surface area contributed by atoms with Crippen LogP contribution in [0.4, 0.5) is 0 Å². The van der Waals surface area contributed by atoms with Gasteiger partial charge < -0.3 is 10.1 Å². The van der Waals surface area contributed by atoms with Crippen molar-refractivity contribution in [2.75, 3.05) is 20.3 Å². The zero-order valence-corrected chi connectivity index (χ0v) is 11.7. The van der Waals surface area contributed by atoms with Gasteiger partial charge in [0.25, 0.3) is 0 Å². The molecule has 1 N–H and O–H groups in total. The first-order valence-corrected chi connectivity index (χ1v) is 6.31. The molecule has 1 aromatic rings. The highest BCUT2D eigenvalue weighted by molar-refractivity contribution is 5.77. The van der Waals surface area contributed by atoms with Gasteiger partial charge in [-0.05, 0) is 25.0 Å².